The van der Waals surface area contributed by atoms with Gasteiger partial charge in [0.15, 0.2) is 0 Å². The van der Waals surface area contributed by atoms with Crippen molar-refractivity contribution in [1.82, 2.24) is 4.31 Å². The van der Waals surface area contributed by atoms with Crippen LogP contribution in [0.1, 0.15) is 12.8 Å². The molecule has 0 aliphatic rings. The number of benzene rings is 1. The van der Waals surface area contributed by atoms with E-state index in [0.29, 0.717) is 0 Å². The molecule has 8 heteroatoms. The molecule has 0 aromatic heterocycles. The molecule has 1 aromatic carbocycles. The highest BCUT2D eigenvalue weighted by Gasteiger charge is 2.24. The summed E-state index contributed by atoms with van der Waals surface area (Å²) in [7, 11) is -2.40. The van der Waals surface area contributed by atoms with Gasteiger partial charge in [0, 0.05) is 20.0 Å². The minimum Gasteiger partial charge on any atom is -0.481 e. The van der Waals surface area contributed by atoms with Gasteiger partial charge in [-0.15, -0.1) is 0 Å². The first-order valence-corrected chi connectivity index (χ1v) is 7.58. The number of carboxylic acid groups (broad SMARTS) is 1. The average Bonchev–Trinajstić information content (AvgIpc) is 2.31. The maximum Gasteiger partial charge on any atom is 0.303 e. The van der Waals surface area contributed by atoms with Gasteiger partial charge in [0.2, 0.25) is 10.0 Å². The number of carboxylic acids is 1. The van der Waals surface area contributed by atoms with Crippen LogP contribution in [0.4, 0.5) is 0 Å². The Morgan fingerprint density at radius 1 is 1.37 bits per heavy atom. The molecule has 0 unspecified atom stereocenters. The van der Waals surface area contributed by atoms with Gasteiger partial charge in [0.1, 0.15) is 4.90 Å². The Morgan fingerprint density at radius 3 is 2.58 bits per heavy atom. The second-order valence-corrected chi connectivity index (χ2v) is 6.67. The van der Waals surface area contributed by atoms with E-state index in [-0.39, 0.29) is 34.3 Å². The molecule has 0 bridgehead atoms. The van der Waals surface area contributed by atoms with Crippen molar-refractivity contribution >= 4 is 39.2 Å². The molecule has 1 N–H and O–H groups in total. The molecule has 0 heterocycles. The maximum atomic E-state index is 12.2. The van der Waals surface area contributed by atoms with Gasteiger partial charge in [0.25, 0.3) is 0 Å². The Kier molecular flexibility index (Phi) is 5.61. The molecule has 0 radical (unpaired) electrons. The lowest BCUT2D eigenvalue weighted by Gasteiger charge is -2.17. The van der Waals surface area contributed by atoms with Crippen molar-refractivity contribution in [3.8, 4) is 0 Å². The summed E-state index contributed by atoms with van der Waals surface area (Å²) in [5.74, 6) is -0.966. The number of aliphatic carboxylic acids is 1. The lowest BCUT2D eigenvalue weighted by molar-refractivity contribution is -0.137. The highest BCUT2D eigenvalue weighted by atomic mass is 35.5. The number of hydrogen-bond donors (Lipinski definition) is 1. The number of halogens is 2. The van der Waals surface area contributed by atoms with Crippen LogP contribution in [0.25, 0.3) is 0 Å². The van der Waals surface area contributed by atoms with Gasteiger partial charge in [-0.25, -0.2) is 12.7 Å². The summed E-state index contributed by atoms with van der Waals surface area (Å²) < 4.78 is 25.5. The second-order valence-electron chi connectivity index (χ2n) is 3.88. The second kappa shape index (κ2) is 6.56. The first-order valence-electron chi connectivity index (χ1n) is 5.39. The molecule has 0 saturated carbocycles. The van der Waals surface area contributed by atoms with E-state index in [2.05, 4.69) is 0 Å². The smallest absolute Gasteiger partial charge is 0.303 e. The lowest BCUT2D eigenvalue weighted by atomic mass is 10.3. The van der Waals surface area contributed by atoms with E-state index >= 15 is 0 Å². The zero-order chi connectivity index (χ0) is 14.6. The van der Waals surface area contributed by atoms with Crippen molar-refractivity contribution in [2.24, 2.45) is 0 Å². The van der Waals surface area contributed by atoms with E-state index in [0.717, 1.165) is 4.31 Å². The molecule has 1 aromatic rings. The molecule has 1 rings (SSSR count). The lowest BCUT2D eigenvalue weighted by Crippen LogP contribution is -2.28. The summed E-state index contributed by atoms with van der Waals surface area (Å²) in [6, 6.07) is 4.34. The zero-order valence-corrected chi connectivity index (χ0v) is 12.5. The molecule has 106 valence electrons. The van der Waals surface area contributed by atoms with Crippen molar-refractivity contribution < 1.29 is 18.3 Å². The van der Waals surface area contributed by atoms with Crippen molar-refractivity contribution in [1.29, 1.82) is 0 Å². The van der Waals surface area contributed by atoms with Crippen LogP contribution < -0.4 is 0 Å². The molecule has 0 aliphatic carbocycles. The molecule has 0 saturated heterocycles. The summed E-state index contributed by atoms with van der Waals surface area (Å²) in [4.78, 5) is 10.3. The first kappa shape index (κ1) is 16.2. The third kappa shape index (κ3) is 4.07. The topological polar surface area (TPSA) is 74.7 Å². The third-order valence-electron chi connectivity index (χ3n) is 2.47. The third-order valence-corrected chi connectivity index (χ3v) is 5.30. The fraction of sp³-hybridized carbons (Fsp3) is 0.364. The summed E-state index contributed by atoms with van der Waals surface area (Å²) in [5, 5.41) is 8.64. The van der Waals surface area contributed by atoms with Gasteiger partial charge >= 0.3 is 5.97 Å². The molecule has 0 amide bonds. The van der Waals surface area contributed by atoms with Gasteiger partial charge in [-0.3, -0.25) is 4.79 Å². The largest absolute Gasteiger partial charge is 0.481 e. The van der Waals surface area contributed by atoms with Crippen molar-refractivity contribution in [2.45, 2.75) is 17.7 Å². The zero-order valence-electron chi connectivity index (χ0n) is 10.1. The van der Waals surface area contributed by atoms with E-state index in [4.69, 9.17) is 28.3 Å². The monoisotopic (exact) mass is 325 g/mol. The van der Waals surface area contributed by atoms with Gasteiger partial charge in [-0.05, 0) is 18.6 Å². The van der Waals surface area contributed by atoms with Crippen LogP contribution >= 0.6 is 23.2 Å². The van der Waals surface area contributed by atoms with Crippen molar-refractivity contribution in [2.75, 3.05) is 13.6 Å². The number of nitrogens with zero attached hydrogens (tertiary/aromatic N) is 1. The van der Waals surface area contributed by atoms with Gasteiger partial charge < -0.3 is 5.11 Å². The SMILES string of the molecule is CN(CCCC(=O)O)S(=O)(=O)c1cccc(Cl)c1Cl. The Morgan fingerprint density at radius 2 is 2.00 bits per heavy atom. The summed E-state index contributed by atoms with van der Waals surface area (Å²) >= 11 is 11.7. The molecule has 19 heavy (non-hydrogen) atoms. The van der Waals surface area contributed by atoms with Gasteiger partial charge in [-0.2, -0.15) is 0 Å². The molecule has 0 fully saturated rings. The van der Waals surface area contributed by atoms with Crippen LogP contribution in [0.2, 0.25) is 10.0 Å². The highest BCUT2D eigenvalue weighted by Crippen LogP contribution is 2.30. The van der Waals surface area contributed by atoms with E-state index in [9.17, 15) is 13.2 Å². The van der Waals surface area contributed by atoms with E-state index in [1.54, 1.807) is 0 Å². The normalized spacial score (nSPS) is 11.8. The van der Waals surface area contributed by atoms with Crippen LogP contribution in [0, 0.1) is 0 Å². The van der Waals surface area contributed by atoms with Crippen molar-refractivity contribution in [3.05, 3.63) is 28.2 Å². The number of carbonyl (C=O) groups is 1. The van der Waals surface area contributed by atoms with Gasteiger partial charge in [-0.1, -0.05) is 29.3 Å². The van der Waals surface area contributed by atoms with Crippen LogP contribution in [0.5, 0.6) is 0 Å². The molecule has 0 spiro atoms. The molecule has 0 atom stereocenters. The highest BCUT2D eigenvalue weighted by molar-refractivity contribution is 7.89. The van der Waals surface area contributed by atoms with Crippen LogP contribution in [0.15, 0.2) is 23.1 Å². The minimum absolute atomic E-state index is 0.0331. The maximum absolute atomic E-state index is 12.2. The molecule has 0 aliphatic heterocycles. The predicted octanol–water partition coefficient (Wildman–Crippen LogP) is 2.48. The summed E-state index contributed by atoms with van der Waals surface area (Å²) in [6.07, 6.45) is 0.131. The van der Waals surface area contributed by atoms with Crippen LogP contribution in [-0.2, 0) is 14.8 Å². The Labute approximate surface area is 121 Å². The Bertz CT molecular complexity index is 574. The van der Waals surface area contributed by atoms with Crippen LogP contribution in [-0.4, -0.2) is 37.4 Å². The van der Waals surface area contributed by atoms with E-state index in [1.165, 1.54) is 25.2 Å². The summed E-state index contributed by atoms with van der Waals surface area (Å²) in [5.41, 5.74) is 0. The number of sulfonamides is 1. The van der Waals surface area contributed by atoms with E-state index < -0.39 is 16.0 Å². The van der Waals surface area contributed by atoms with Gasteiger partial charge in [0.05, 0.1) is 10.0 Å². The van der Waals surface area contributed by atoms with E-state index in [1.807, 2.05) is 0 Å². The standard InChI is InChI=1S/C11H13Cl2NO4S/c1-14(7-3-6-10(15)16)19(17,18)9-5-2-4-8(12)11(9)13/h2,4-5H,3,6-7H2,1H3,(H,15,16). The number of rotatable bonds is 6. The van der Waals surface area contributed by atoms with Crippen LogP contribution in [0.3, 0.4) is 0 Å². The Balaban J connectivity index is 2.91. The fourth-order valence-corrected chi connectivity index (χ4v) is 3.37. The quantitative estimate of drug-likeness (QED) is 0.871. The molecule has 5 nitrogen and oxygen atoms in total. The van der Waals surface area contributed by atoms with Crippen molar-refractivity contribution in [3.63, 3.8) is 0 Å². The Hall–Kier alpha value is -0.820. The molecular weight excluding hydrogens is 313 g/mol. The first-order chi connectivity index (χ1) is 8.76. The predicted molar refractivity (Wildman–Crippen MR) is 73.1 cm³/mol. The summed E-state index contributed by atoms with van der Waals surface area (Å²) in [6.45, 7) is 0.0947. The minimum atomic E-state index is -3.77. The fourth-order valence-electron chi connectivity index (χ4n) is 1.42. The molecular formula is C11H13Cl2NO4S. The average molecular weight is 326 g/mol. The number of hydrogen-bond acceptors (Lipinski definition) is 3.